The maximum atomic E-state index is 9.52. The van der Waals surface area contributed by atoms with E-state index in [0.717, 1.165) is 25.9 Å². The van der Waals surface area contributed by atoms with Crippen LogP contribution >= 0.6 is 0 Å². The van der Waals surface area contributed by atoms with Crippen LogP contribution in [0.15, 0.2) is 0 Å². The first kappa shape index (κ1) is 23.0. The first-order valence-electron chi connectivity index (χ1n) is 11.6. The Bertz CT molecular complexity index is 271. The number of ether oxygens (including phenoxy) is 1. The summed E-state index contributed by atoms with van der Waals surface area (Å²) in [5, 5.41) is 9.52. The summed E-state index contributed by atoms with van der Waals surface area (Å²) in [6, 6.07) is 0. The average Bonchev–Trinajstić information content (AvgIpc) is 3.11. The van der Waals surface area contributed by atoms with E-state index in [2.05, 4.69) is 6.92 Å². The molecule has 150 valence electrons. The summed E-state index contributed by atoms with van der Waals surface area (Å²) in [6.45, 7) is 3.35. The molecule has 1 fully saturated rings. The second kappa shape index (κ2) is 16.1. The van der Waals surface area contributed by atoms with Crippen molar-refractivity contribution in [1.82, 2.24) is 0 Å². The summed E-state index contributed by atoms with van der Waals surface area (Å²) in [5.74, 6) is 0. The van der Waals surface area contributed by atoms with E-state index in [-0.39, 0.29) is 12.2 Å². The van der Waals surface area contributed by atoms with Gasteiger partial charge in [0, 0.05) is 6.61 Å². The molecule has 1 unspecified atom stereocenters. The lowest BCUT2D eigenvalue weighted by atomic mass is 9.93. The monoisotopic (exact) mass is 354 g/mol. The zero-order valence-electron chi connectivity index (χ0n) is 17.2. The lowest BCUT2D eigenvalue weighted by Gasteiger charge is -2.25. The highest BCUT2D eigenvalue weighted by Crippen LogP contribution is 2.30. The van der Waals surface area contributed by atoms with Gasteiger partial charge in [0.15, 0.2) is 0 Å². The van der Waals surface area contributed by atoms with Gasteiger partial charge in [-0.15, -0.1) is 0 Å². The normalized spacial score (nSPS) is 20.4. The third kappa shape index (κ3) is 12.0. The van der Waals surface area contributed by atoms with Crippen molar-refractivity contribution in [3.05, 3.63) is 0 Å². The molecule has 2 heteroatoms. The molecule has 0 bridgehead atoms. The topological polar surface area (TPSA) is 29.5 Å². The van der Waals surface area contributed by atoms with Gasteiger partial charge >= 0.3 is 0 Å². The van der Waals surface area contributed by atoms with Crippen molar-refractivity contribution in [2.75, 3.05) is 13.2 Å². The Kier molecular flexibility index (Phi) is 14.8. The Balaban J connectivity index is 1.73. The van der Waals surface area contributed by atoms with Crippen LogP contribution in [0.2, 0.25) is 0 Å². The standard InChI is InChI=1S/C23H46O2/c1-2-3-4-5-6-7-8-9-10-11-12-13-14-15-16-17-19-23(22-24)20-18-21-25-23/h24H,2-22H2,1H3. The van der Waals surface area contributed by atoms with Crippen molar-refractivity contribution in [3.8, 4) is 0 Å². The number of rotatable bonds is 18. The van der Waals surface area contributed by atoms with Crippen LogP contribution < -0.4 is 0 Å². The Hall–Kier alpha value is -0.0800. The summed E-state index contributed by atoms with van der Waals surface area (Å²) >= 11 is 0. The van der Waals surface area contributed by atoms with Gasteiger partial charge in [-0.2, -0.15) is 0 Å². The molecule has 1 atom stereocenters. The molecule has 25 heavy (non-hydrogen) atoms. The molecule has 0 aromatic heterocycles. The molecule has 1 aliphatic heterocycles. The van der Waals surface area contributed by atoms with Gasteiger partial charge in [-0.3, -0.25) is 0 Å². The van der Waals surface area contributed by atoms with Crippen molar-refractivity contribution in [1.29, 1.82) is 0 Å². The van der Waals surface area contributed by atoms with Gasteiger partial charge in [0.1, 0.15) is 0 Å². The molecular formula is C23H46O2. The van der Waals surface area contributed by atoms with Crippen molar-refractivity contribution < 1.29 is 9.84 Å². The maximum Gasteiger partial charge on any atom is 0.0912 e. The van der Waals surface area contributed by atoms with Crippen LogP contribution in [-0.4, -0.2) is 23.9 Å². The molecule has 1 N–H and O–H groups in total. The summed E-state index contributed by atoms with van der Waals surface area (Å²) in [4.78, 5) is 0. The third-order valence-electron chi connectivity index (χ3n) is 5.96. The van der Waals surface area contributed by atoms with Crippen LogP contribution in [0.4, 0.5) is 0 Å². The SMILES string of the molecule is CCCCCCCCCCCCCCCCCCC1(CO)CCCO1. The average molecular weight is 355 g/mol. The number of aliphatic hydroxyl groups excluding tert-OH is 1. The Labute approximate surface area is 158 Å². The van der Waals surface area contributed by atoms with Crippen molar-refractivity contribution in [2.45, 2.75) is 135 Å². The number of aliphatic hydroxyl groups is 1. The Morgan fingerprint density at radius 1 is 0.680 bits per heavy atom. The van der Waals surface area contributed by atoms with E-state index in [1.165, 1.54) is 103 Å². The predicted octanol–water partition coefficient (Wildman–Crippen LogP) is 7.18. The smallest absolute Gasteiger partial charge is 0.0912 e. The summed E-state index contributed by atoms with van der Waals surface area (Å²) < 4.78 is 5.76. The van der Waals surface area contributed by atoms with Crippen LogP contribution in [0.1, 0.15) is 129 Å². The van der Waals surface area contributed by atoms with Gasteiger partial charge in [-0.05, 0) is 19.3 Å². The van der Waals surface area contributed by atoms with E-state index in [4.69, 9.17) is 4.74 Å². The van der Waals surface area contributed by atoms with E-state index < -0.39 is 0 Å². The quantitative estimate of drug-likeness (QED) is 0.264. The second-order valence-corrected chi connectivity index (χ2v) is 8.35. The Morgan fingerprint density at radius 3 is 1.48 bits per heavy atom. The summed E-state index contributed by atoms with van der Waals surface area (Å²) in [6.07, 6.45) is 25.8. The number of hydrogen-bond acceptors (Lipinski definition) is 2. The minimum atomic E-state index is -0.171. The molecular weight excluding hydrogens is 308 g/mol. The molecule has 0 spiro atoms. The first-order valence-corrected chi connectivity index (χ1v) is 11.6. The van der Waals surface area contributed by atoms with Gasteiger partial charge in [-0.25, -0.2) is 0 Å². The molecule has 0 saturated carbocycles. The molecule has 1 heterocycles. The van der Waals surface area contributed by atoms with Crippen molar-refractivity contribution in [2.24, 2.45) is 0 Å². The lowest BCUT2D eigenvalue weighted by molar-refractivity contribution is -0.0454. The zero-order valence-corrected chi connectivity index (χ0v) is 17.2. The van der Waals surface area contributed by atoms with Crippen molar-refractivity contribution in [3.63, 3.8) is 0 Å². The van der Waals surface area contributed by atoms with E-state index in [1.54, 1.807) is 0 Å². The van der Waals surface area contributed by atoms with E-state index in [9.17, 15) is 5.11 Å². The second-order valence-electron chi connectivity index (χ2n) is 8.35. The Morgan fingerprint density at radius 2 is 1.12 bits per heavy atom. The summed E-state index contributed by atoms with van der Waals surface area (Å²) in [7, 11) is 0. The molecule has 0 aromatic carbocycles. The first-order chi connectivity index (χ1) is 12.3. The van der Waals surface area contributed by atoms with Gasteiger partial charge < -0.3 is 9.84 Å². The minimum absolute atomic E-state index is 0.171. The predicted molar refractivity (Wildman–Crippen MR) is 109 cm³/mol. The molecule has 1 saturated heterocycles. The fourth-order valence-electron chi connectivity index (χ4n) is 4.15. The molecule has 0 aromatic rings. The third-order valence-corrected chi connectivity index (χ3v) is 5.96. The highest BCUT2D eigenvalue weighted by atomic mass is 16.5. The highest BCUT2D eigenvalue weighted by Gasteiger charge is 2.33. The summed E-state index contributed by atoms with van der Waals surface area (Å²) in [5.41, 5.74) is -0.171. The fourth-order valence-corrected chi connectivity index (χ4v) is 4.15. The molecule has 0 aliphatic carbocycles. The van der Waals surface area contributed by atoms with Crippen LogP contribution in [0.25, 0.3) is 0 Å². The fraction of sp³-hybridized carbons (Fsp3) is 1.00. The molecule has 0 amide bonds. The van der Waals surface area contributed by atoms with Crippen LogP contribution in [0, 0.1) is 0 Å². The van der Waals surface area contributed by atoms with Gasteiger partial charge in [-0.1, -0.05) is 110 Å². The molecule has 0 radical (unpaired) electrons. The number of hydrogen-bond donors (Lipinski definition) is 1. The van der Waals surface area contributed by atoms with Gasteiger partial charge in [0.25, 0.3) is 0 Å². The molecule has 1 rings (SSSR count). The largest absolute Gasteiger partial charge is 0.393 e. The zero-order chi connectivity index (χ0) is 18.1. The maximum absolute atomic E-state index is 9.52. The number of unbranched alkanes of at least 4 members (excludes halogenated alkanes) is 15. The van der Waals surface area contributed by atoms with Crippen LogP contribution in [-0.2, 0) is 4.74 Å². The van der Waals surface area contributed by atoms with E-state index in [0.29, 0.717) is 0 Å². The van der Waals surface area contributed by atoms with Crippen LogP contribution in [0.5, 0.6) is 0 Å². The highest BCUT2D eigenvalue weighted by molar-refractivity contribution is 4.84. The van der Waals surface area contributed by atoms with Gasteiger partial charge in [0.2, 0.25) is 0 Å². The van der Waals surface area contributed by atoms with Gasteiger partial charge in [0.05, 0.1) is 12.2 Å². The molecule has 1 aliphatic rings. The van der Waals surface area contributed by atoms with Crippen molar-refractivity contribution >= 4 is 0 Å². The van der Waals surface area contributed by atoms with E-state index >= 15 is 0 Å². The van der Waals surface area contributed by atoms with Crippen LogP contribution in [0.3, 0.4) is 0 Å². The van der Waals surface area contributed by atoms with E-state index in [1.807, 2.05) is 0 Å². The lowest BCUT2D eigenvalue weighted by Crippen LogP contribution is -2.32. The molecule has 2 nitrogen and oxygen atoms in total. The minimum Gasteiger partial charge on any atom is -0.393 e.